The minimum Gasteiger partial charge on any atom is -0.488 e. The Morgan fingerprint density at radius 2 is 2.29 bits per heavy atom. The van der Waals surface area contributed by atoms with Crippen LogP contribution in [-0.2, 0) is 15.6 Å². The fourth-order valence-corrected chi connectivity index (χ4v) is 3.48. The standard InChI is InChI=1S/C9H11ClN2OS/c10-9-8-7(2-1-5-13-8)11-14(12-9)6-3-4-6/h6H,1-5H2. The van der Waals surface area contributed by atoms with Crippen LogP contribution in [0.5, 0.6) is 0 Å². The zero-order chi connectivity index (χ0) is 9.54. The molecule has 0 aromatic carbocycles. The average Bonchev–Trinajstić information content (AvgIpc) is 3.01. The van der Waals surface area contributed by atoms with Crippen LogP contribution >= 0.6 is 11.6 Å². The molecule has 76 valence electrons. The van der Waals surface area contributed by atoms with Gasteiger partial charge in [-0.1, -0.05) is 11.6 Å². The first-order valence-corrected chi connectivity index (χ1v) is 6.48. The largest absolute Gasteiger partial charge is 0.488 e. The molecule has 0 N–H and O–H groups in total. The summed E-state index contributed by atoms with van der Waals surface area (Å²) in [5.74, 6) is 0.738. The predicted molar refractivity (Wildman–Crippen MR) is 58.3 cm³/mol. The molecule has 3 aliphatic rings. The third-order valence-corrected chi connectivity index (χ3v) is 4.65. The van der Waals surface area contributed by atoms with Crippen molar-refractivity contribution in [2.24, 2.45) is 8.76 Å². The number of fused-ring (bicyclic) bond motifs is 1. The molecular weight excluding hydrogens is 220 g/mol. The molecule has 1 atom stereocenters. The van der Waals surface area contributed by atoms with E-state index in [2.05, 4.69) is 8.76 Å². The molecule has 0 radical (unpaired) electrons. The number of hydrogen-bond donors (Lipinski definition) is 0. The first-order valence-electron chi connectivity index (χ1n) is 4.90. The van der Waals surface area contributed by atoms with Crippen molar-refractivity contribution in [2.45, 2.75) is 30.9 Å². The van der Waals surface area contributed by atoms with Gasteiger partial charge in [-0.15, -0.1) is 0 Å². The van der Waals surface area contributed by atoms with E-state index in [0.717, 1.165) is 30.9 Å². The van der Waals surface area contributed by atoms with Crippen molar-refractivity contribution in [2.75, 3.05) is 6.61 Å². The smallest absolute Gasteiger partial charge is 0.182 e. The molecule has 0 aromatic heterocycles. The van der Waals surface area contributed by atoms with Gasteiger partial charge in [0.25, 0.3) is 0 Å². The average molecular weight is 231 g/mol. The first kappa shape index (κ1) is 8.92. The monoisotopic (exact) mass is 230 g/mol. The van der Waals surface area contributed by atoms with E-state index < -0.39 is 0 Å². The molecule has 14 heavy (non-hydrogen) atoms. The van der Waals surface area contributed by atoms with E-state index in [0.29, 0.717) is 10.4 Å². The van der Waals surface area contributed by atoms with Gasteiger partial charge in [0.2, 0.25) is 0 Å². The Bertz CT molecular complexity index is 371. The summed E-state index contributed by atoms with van der Waals surface area (Å²) in [5, 5.41) is 1.21. The van der Waals surface area contributed by atoms with Gasteiger partial charge in [0.1, 0.15) is 0 Å². The van der Waals surface area contributed by atoms with Gasteiger partial charge in [0.15, 0.2) is 10.9 Å². The highest BCUT2D eigenvalue weighted by Gasteiger charge is 2.31. The van der Waals surface area contributed by atoms with Gasteiger partial charge in [-0.3, -0.25) is 0 Å². The number of nitrogens with zero attached hydrogens (tertiary/aromatic N) is 2. The number of halogens is 1. The van der Waals surface area contributed by atoms with E-state index in [1.54, 1.807) is 0 Å². The Labute approximate surface area is 90.4 Å². The van der Waals surface area contributed by atoms with Gasteiger partial charge in [-0.05, 0) is 25.7 Å². The third kappa shape index (κ3) is 1.50. The van der Waals surface area contributed by atoms with E-state index in [-0.39, 0.29) is 10.9 Å². The van der Waals surface area contributed by atoms with Crippen molar-refractivity contribution < 1.29 is 4.74 Å². The highest BCUT2D eigenvalue weighted by molar-refractivity contribution is 7.87. The quantitative estimate of drug-likeness (QED) is 0.638. The Kier molecular flexibility index (Phi) is 2.13. The molecule has 2 aliphatic heterocycles. The number of allylic oxidation sites excluding steroid dienone is 1. The fourth-order valence-electron chi connectivity index (χ4n) is 1.56. The van der Waals surface area contributed by atoms with Crippen molar-refractivity contribution in [3.05, 3.63) is 10.9 Å². The molecule has 1 saturated heterocycles. The van der Waals surface area contributed by atoms with Crippen LogP contribution in [0.25, 0.3) is 0 Å². The minimum absolute atomic E-state index is 0.191. The van der Waals surface area contributed by atoms with Crippen LogP contribution in [0, 0.1) is 0 Å². The van der Waals surface area contributed by atoms with E-state index in [1.807, 2.05) is 0 Å². The topological polar surface area (TPSA) is 34.0 Å². The highest BCUT2D eigenvalue weighted by Crippen LogP contribution is 2.34. The van der Waals surface area contributed by atoms with Crippen LogP contribution in [0.4, 0.5) is 0 Å². The van der Waals surface area contributed by atoms with Crippen LogP contribution in [0.2, 0.25) is 0 Å². The maximum Gasteiger partial charge on any atom is 0.182 e. The minimum atomic E-state index is -0.191. The van der Waals surface area contributed by atoms with Crippen molar-refractivity contribution >= 4 is 28.2 Å². The Morgan fingerprint density at radius 1 is 1.43 bits per heavy atom. The second-order valence-corrected chi connectivity index (χ2v) is 5.67. The van der Waals surface area contributed by atoms with Gasteiger partial charge in [0.05, 0.1) is 12.3 Å². The van der Waals surface area contributed by atoms with Gasteiger partial charge < -0.3 is 4.74 Å². The number of ether oxygens (including phenoxy) is 1. The molecule has 1 unspecified atom stereocenters. The zero-order valence-electron chi connectivity index (χ0n) is 7.70. The molecule has 3 nitrogen and oxygen atoms in total. The SMILES string of the molecule is ClC1=C2OCCCC2=NS(C2CC2)=N1. The second kappa shape index (κ2) is 3.35. The van der Waals surface area contributed by atoms with Crippen LogP contribution < -0.4 is 0 Å². The Hall–Kier alpha value is -0.350. The van der Waals surface area contributed by atoms with Crippen molar-refractivity contribution in [1.29, 1.82) is 0 Å². The summed E-state index contributed by atoms with van der Waals surface area (Å²) < 4.78 is 14.5. The molecule has 2 fully saturated rings. The molecule has 0 spiro atoms. The fraction of sp³-hybridized carbons (Fsp3) is 0.667. The number of rotatable bonds is 1. The Morgan fingerprint density at radius 3 is 3.07 bits per heavy atom. The maximum absolute atomic E-state index is 6.07. The lowest BCUT2D eigenvalue weighted by atomic mass is 10.1. The summed E-state index contributed by atoms with van der Waals surface area (Å²) in [7, 11) is -0.191. The molecule has 1 saturated carbocycles. The zero-order valence-corrected chi connectivity index (χ0v) is 9.27. The van der Waals surface area contributed by atoms with E-state index in [4.69, 9.17) is 16.3 Å². The lowest BCUT2D eigenvalue weighted by Gasteiger charge is -2.21. The van der Waals surface area contributed by atoms with Crippen LogP contribution in [-0.4, -0.2) is 17.6 Å². The molecular formula is C9H11ClN2OS. The summed E-state index contributed by atoms with van der Waals surface area (Å²) in [4.78, 5) is 0. The van der Waals surface area contributed by atoms with Gasteiger partial charge >= 0.3 is 0 Å². The van der Waals surface area contributed by atoms with Gasteiger partial charge in [-0.25, -0.2) is 4.40 Å². The van der Waals surface area contributed by atoms with E-state index in [9.17, 15) is 0 Å². The molecule has 2 heterocycles. The molecule has 0 bridgehead atoms. The van der Waals surface area contributed by atoms with E-state index >= 15 is 0 Å². The van der Waals surface area contributed by atoms with Crippen molar-refractivity contribution in [3.63, 3.8) is 0 Å². The lowest BCUT2D eigenvalue weighted by molar-refractivity contribution is 0.212. The summed E-state index contributed by atoms with van der Waals surface area (Å²) in [6.07, 6.45) is 4.55. The summed E-state index contributed by atoms with van der Waals surface area (Å²) >= 11 is 6.07. The summed E-state index contributed by atoms with van der Waals surface area (Å²) in [6.45, 7) is 0.747. The first-order chi connectivity index (χ1) is 6.84. The highest BCUT2D eigenvalue weighted by atomic mass is 35.5. The van der Waals surface area contributed by atoms with Gasteiger partial charge in [-0.2, -0.15) is 4.36 Å². The summed E-state index contributed by atoms with van der Waals surface area (Å²) in [5.41, 5.74) is 1.05. The predicted octanol–water partition coefficient (Wildman–Crippen LogP) is 2.54. The van der Waals surface area contributed by atoms with Crippen LogP contribution in [0.15, 0.2) is 19.7 Å². The molecule has 0 amide bonds. The van der Waals surface area contributed by atoms with Crippen molar-refractivity contribution in [1.82, 2.24) is 0 Å². The van der Waals surface area contributed by atoms with E-state index in [1.165, 1.54) is 12.8 Å². The Balaban J connectivity index is 1.99. The van der Waals surface area contributed by atoms with Crippen molar-refractivity contribution in [3.8, 4) is 0 Å². The second-order valence-electron chi connectivity index (χ2n) is 3.69. The van der Waals surface area contributed by atoms with Crippen LogP contribution in [0.3, 0.4) is 0 Å². The number of hydrogen-bond acceptors (Lipinski definition) is 3. The molecule has 5 heteroatoms. The normalized spacial score (nSPS) is 31.5. The lowest BCUT2D eigenvalue weighted by Crippen LogP contribution is -2.19. The van der Waals surface area contributed by atoms with Gasteiger partial charge in [0, 0.05) is 16.1 Å². The molecule has 3 rings (SSSR count). The summed E-state index contributed by atoms with van der Waals surface area (Å²) in [6, 6.07) is 0. The molecule has 0 aromatic rings. The van der Waals surface area contributed by atoms with Crippen LogP contribution in [0.1, 0.15) is 25.7 Å². The third-order valence-electron chi connectivity index (χ3n) is 2.45. The molecule has 1 aliphatic carbocycles. The maximum atomic E-state index is 6.07.